The zero-order chi connectivity index (χ0) is 17.1. The SMILES string of the molecule is Cc1cc(C)n(CC(=O)Nc2cnn(Cc3ccccc3Cl)c2)n1. The summed E-state index contributed by atoms with van der Waals surface area (Å²) in [5.41, 5.74) is 3.47. The molecule has 0 radical (unpaired) electrons. The quantitative estimate of drug-likeness (QED) is 0.774. The van der Waals surface area contributed by atoms with Gasteiger partial charge in [0, 0.05) is 16.9 Å². The predicted octanol–water partition coefficient (Wildman–Crippen LogP) is 3.04. The predicted molar refractivity (Wildman–Crippen MR) is 93.1 cm³/mol. The molecular weight excluding hydrogens is 326 g/mol. The van der Waals surface area contributed by atoms with Crippen LogP contribution in [0.15, 0.2) is 42.7 Å². The highest BCUT2D eigenvalue weighted by Gasteiger charge is 2.09. The molecule has 0 fully saturated rings. The van der Waals surface area contributed by atoms with Gasteiger partial charge in [-0.05, 0) is 31.5 Å². The molecule has 6 nitrogen and oxygen atoms in total. The van der Waals surface area contributed by atoms with E-state index in [0.717, 1.165) is 17.0 Å². The standard InChI is InChI=1S/C17H18ClN5O/c1-12-7-13(2)23(21-12)11-17(24)20-15-8-19-22(10-15)9-14-5-3-4-6-16(14)18/h3-8,10H,9,11H2,1-2H3,(H,20,24). The highest BCUT2D eigenvalue weighted by Crippen LogP contribution is 2.16. The molecule has 0 aliphatic rings. The van der Waals surface area contributed by atoms with Crippen LogP contribution in [0.2, 0.25) is 5.02 Å². The molecule has 3 aromatic rings. The van der Waals surface area contributed by atoms with Crippen LogP contribution < -0.4 is 5.32 Å². The number of hydrogen-bond acceptors (Lipinski definition) is 3. The van der Waals surface area contributed by atoms with E-state index >= 15 is 0 Å². The van der Waals surface area contributed by atoms with Crippen molar-refractivity contribution in [2.75, 3.05) is 5.32 Å². The van der Waals surface area contributed by atoms with E-state index in [9.17, 15) is 4.79 Å². The summed E-state index contributed by atoms with van der Waals surface area (Å²) in [7, 11) is 0. The van der Waals surface area contributed by atoms with Crippen LogP contribution in [0, 0.1) is 13.8 Å². The summed E-state index contributed by atoms with van der Waals surface area (Å²) in [5.74, 6) is -0.140. The van der Waals surface area contributed by atoms with Gasteiger partial charge in [-0.2, -0.15) is 10.2 Å². The van der Waals surface area contributed by atoms with Gasteiger partial charge in [-0.25, -0.2) is 0 Å². The summed E-state index contributed by atoms with van der Waals surface area (Å²) >= 11 is 6.15. The Bertz CT molecular complexity index is 868. The number of aromatic nitrogens is 4. The molecule has 0 aliphatic carbocycles. The minimum Gasteiger partial charge on any atom is -0.322 e. The molecule has 0 aliphatic heterocycles. The van der Waals surface area contributed by atoms with E-state index in [1.54, 1.807) is 21.8 Å². The summed E-state index contributed by atoms with van der Waals surface area (Å²) in [4.78, 5) is 12.1. The van der Waals surface area contributed by atoms with Gasteiger partial charge >= 0.3 is 0 Å². The fourth-order valence-electron chi connectivity index (χ4n) is 2.49. The molecule has 0 saturated carbocycles. The normalized spacial score (nSPS) is 10.8. The molecule has 124 valence electrons. The smallest absolute Gasteiger partial charge is 0.246 e. The third-order valence-corrected chi connectivity index (χ3v) is 3.97. The molecule has 24 heavy (non-hydrogen) atoms. The van der Waals surface area contributed by atoms with Gasteiger partial charge in [0.2, 0.25) is 5.91 Å². The largest absolute Gasteiger partial charge is 0.322 e. The summed E-state index contributed by atoms with van der Waals surface area (Å²) in [6.07, 6.45) is 3.40. The van der Waals surface area contributed by atoms with Crippen molar-refractivity contribution in [3.8, 4) is 0 Å². The Kier molecular flexibility index (Phi) is 4.66. The Morgan fingerprint density at radius 3 is 2.79 bits per heavy atom. The third-order valence-electron chi connectivity index (χ3n) is 3.60. The number of carbonyl (C=O) groups is 1. The van der Waals surface area contributed by atoms with E-state index in [1.807, 2.05) is 44.2 Å². The first kappa shape index (κ1) is 16.3. The maximum Gasteiger partial charge on any atom is 0.246 e. The van der Waals surface area contributed by atoms with Crippen LogP contribution in [-0.4, -0.2) is 25.5 Å². The van der Waals surface area contributed by atoms with E-state index in [0.29, 0.717) is 17.3 Å². The second-order valence-corrected chi connectivity index (χ2v) is 6.06. The highest BCUT2D eigenvalue weighted by molar-refractivity contribution is 6.31. The Hall–Kier alpha value is -2.60. The first-order valence-corrected chi connectivity index (χ1v) is 7.96. The summed E-state index contributed by atoms with van der Waals surface area (Å²) < 4.78 is 3.42. The maximum atomic E-state index is 12.1. The first-order chi connectivity index (χ1) is 11.5. The molecule has 2 aromatic heterocycles. The van der Waals surface area contributed by atoms with E-state index in [-0.39, 0.29) is 12.5 Å². The molecule has 0 saturated heterocycles. The molecule has 0 unspecified atom stereocenters. The van der Waals surface area contributed by atoms with Gasteiger partial charge in [0.1, 0.15) is 6.54 Å². The maximum absolute atomic E-state index is 12.1. The zero-order valence-corrected chi connectivity index (χ0v) is 14.3. The minimum absolute atomic E-state index is 0.140. The number of carbonyl (C=O) groups excluding carboxylic acids is 1. The topological polar surface area (TPSA) is 64.7 Å². The molecular formula is C17H18ClN5O. The second-order valence-electron chi connectivity index (χ2n) is 5.65. The van der Waals surface area contributed by atoms with Crippen LogP contribution in [0.25, 0.3) is 0 Å². The fraction of sp³-hybridized carbons (Fsp3) is 0.235. The van der Waals surface area contributed by atoms with E-state index in [1.165, 1.54) is 0 Å². The van der Waals surface area contributed by atoms with Crippen molar-refractivity contribution in [1.82, 2.24) is 19.6 Å². The Morgan fingerprint density at radius 2 is 2.08 bits per heavy atom. The number of nitrogens with one attached hydrogen (secondary N) is 1. The fourth-order valence-corrected chi connectivity index (χ4v) is 2.68. The first-order valence-electron chi connectivity index (χ1n) is 7.58. The van der Waals surface area contributed by atoms with Crippen LogP contribution >= 0.6 is 11.6 Å². The number of hydrogen-bond donors (Lipinski definition) is 1. The molecule has 0 atom stereocenters. The molecule has 0 bridgehead atoms. The third kappa shape index (κ3) is 3.83. The van der Waals surface area contributed by atoms with E-state index in [2.05, 4.69) is 15.5 Å². The van der Waals surface area contributed by atoms with Crippen molar-refractivity contribution >= 4 is 23.2 Å². The lowest BCUT2D eigenvalue weighted by Gasteiger charge is -2.05. The average molecular weight is 344 g/mol. The zero-order valence-electron chi connectivity index (χ0n) is 13.5. The summed E-state index contributed by atoms with van der Waals surface area (Å²) in [6, 6.07) is 9.55. The summed E-state index contributed by atoms with van der Waals surface area (Å²) in [5, 5.41) is 12.1. The van der Waals surface area contributed by atoms with Gasteiger partial charge in [-0.3, -0.25) is 14.2 Å². The van der Waals surface area contributed by atoms with Crippen LogP contribution in [-0.2, 0) is 17.9 Å². The van der Waals surface area contributed by atoms with Crippen molar-refractivity contribution in [1.29, 1.82) is 0 Å². The van der Waals surface area contributed by atoms with Crippen LogP contribution in [0.1, 0.15) is 17.0 Å². The lowest BCUT2D eigenvalue weighted by atomic mass is 10.2. The minimum atomic E-state index is -0.140. The van der Waals surface area contributed by atoms with Crippen molar-refractivity contribution in [3.63, 3.8) is 0 Å². The van der Waals surface area contributed by atoms with Gasteiger partial charge in [-0.1, -0.05) is 29.8 Å². The van der Waals surface area contributed by atoms with Crippen LogP contribution in [0.3, 0.4) is 0 Å². The molecule has 1 amide bonds. The van der Waals surface area contributed by atoms with Gasteiger partial charge in [0.05, 0.1) is 24.1 Å². The van der Waals surface area contributed by atoms with E-state index < -0.39 is 0 Å². The Balaban J connectivity index is 1.62. The van der Waals surface area contributed by atoms with Crippen molar-refractivity contribution in [2.24, 2.45) is 0 Å². The molecule has 1 N–H and O–H groups in total. The molecule has 2 heterocycles. The number of rotatable bonds is 5. The highest BCUT2D eigenvalue weighted by atomic mass is 35.5. The van der Waals surface area contributed by atoms with E-state index in [4.69, 9.17) is 11.6 Å². The molecule has 7 heteroatoms. The van der Waals surface area contributed by atoms with Crippen LogP contribution in [0.5, 0.6) is 0 Å². The number of anilines is 1. The number of aryl methyl sites for hydroxylation is 2. The molecule has 3 rings (SSSR count). The Morgan fingerprint density at radius 1 is 1.29 bits per heavy atom. The number of amides is 1. The lowest BCUT2D eigenvalue weighted by Crippen LogP contribution is -2.20. The van der Waals surface area contributed by atoms with Gasteiger partial charge in [-0.15, -0.1) is 0 Å². The number of nitrogens with zero attached hydrogens (tertiary/aromatic N) is 4. The number of halogens is 1. The number of benzene rings is 1. The second kappa shape index (κ2) is 6.88. The molecule has 1 aromatic carbocycles. The van der Waals surface area contributed by atoms with Gasteiger partial charge < -0.3 is 5.32 Å². The Labute approximate surface area is 145 Å². The average Bonchev–Trinajstić information content (AvgIpc) is 3.08. The summed E-state index contributed by atoms with van der Waals surface area (Å²) in [6.45, 7) is 4.55. The van der Waals surface area contributed by atoms with Crippen molar-refractivity contribution in [2.45, 2.75) is 26.9 Å². The van der Waals surface area contributed by atoms with Gasteiger partial charge in [0.15, 0.2) is 0 Å². The molecule has 0 spiro atoms. The lowest BCUT2D eigenvalue weighted by molar-refractivity contribution is -0.116. The van der Waals surface area contributed by atoms with Crippen LogP contribution in [0.4, 0.5) is 5.69 Å². The van der Waals surface area contributed by atoms with Gasteiger partial charge in [0.25, 0.3) is 0 Å². The van der Waals surface area contributed by atoms with Crippen molar-refractivity contribution in [3.05, 3.63) is 64.7 Å². The monoisotopic (exact) mass is 343 g/mol. The van der Waals surface area contributed by atoms with Crippen molar-refractivity contribution < 1.29 is 4.79 Å².